The summed E-state index contributed by atoms with van der Waals surface area (Å²) in [6.45, 7) is 0. The van der Waals surface area contributed by atoms with Gasteiger partial charge in [0.2, 0.25) is 0 Å². The largest absolute Gasteiger partial charge is 0.207 e. The fraction of sp³-hybridized carbons (Fsp3) is 0. The summed E-state index contributed by atoms with van der Waals surface area (Å²) < 4.78 is 39.6. The molecule has 0 radical (unpaired) electrons. The molecule has 0 aliphatic heterocycles. The molecule has 0 aliphatic carbocycles. The van der Waals surface area contributed by atoms with Gasteiger partial charge in [-0.05, 0) is 30.3 Å². The zero-order valence-electron chi connectivity index (χ0n) is 8.95. The molecule has 0 fully saturated rings. The van der Waals surface area contributed by atoms with Crippen LogP contribution in [0.25, 0.3) is 0 Å². The molecule has 1 nitrogen and oxygen atoms in total. The minimum atomic E-state index is -0.747. The summed E-state index contributed by atoms with van der Waals surface area (Å²) in [4.78, 5) is 0.305. The zero-order chi connectivity index (χ0) is 13.1. The first-order valence-corrected chi connectivity index (χ1v) is 5.74. The molecule has 0 saturated heterocycles. The Morgan fingerprint density at radius 1 is 0.889 bits per heavy atom. The quantitative estimate of drug-likeness (QED) is 0.815. The zero-order valence-corrected chi connectivity index (χ0v) is 9.77. The molecular weight excluding hydrogens is 259 g/mol. The van der Waals surface area contributed by atoms with Crippen molar-refractivity contribution in [3.05, 3.63) is 59.4 Å². The summed E-state index contributed by atoms with van der Waals surface area (Å²) in [5, 5.41) is 8.59. The Hall–Kier alpha value is -1.93. The van der Waals surface area contributed by atoms with Crippen LogP contribution in [0.15, 0.2) is 46.2 Å². The van der Waals surface area contributed by atoms with Gasteiger partial charge in [0.05, 0.1) is 11.6 Å². The van der Waals surface area contributed by atoms with Gasteiger partial charge in [0, 0.05) is 15.9 Å². The lowest BCUT2D eigenvalue weighted by Gasteiger charge is -2.04. The molecule has 2 rings (SSSR count). The van der Waals surface area contributed by atoms with Crippen molar-refractivity contribution >= 4 is 11.8 Å². The van der Waals surface area contributed by atoms with E-state index in [4.69, 9.17) is 5.26 Å². The summed E-state index contributed by atoms with van der Waals surface area (Å²) in [7, 11) is 0. The van der Waals surface area contributed by atoms with Crippen LogP contribution in [0, 0.1) is 28.8 Å². The second-order valence-electron chi connectivity index (χ2n) is 3.43. The van der Waals surface area contributed by atoms with Crippen molar-refractivity contribution in [2.45, 2.75) is 9.79 Å². The Morgan fingerprint density at radius 2 is 1.50 bits per heavy atom. The number of benzene rings is 2. The smallest absolute Gasteiger partial charge is 0.140 e. The number of halogens is 3. The van der Waals surface area contributed by atoms with Crippen molar-refractivity contribution in [3.63, 3.8) is 0 Å². The molecule has 2 aromatic rings. The lowest BCUT2D eigenvalue weighted by Crippen LogP contribution is -1.87. The highest BCUT2D eigenvalue weighted by Gasteiger charge is 2.09. The third-order valence-electron chi connectivity index (χ3n) is 2.17. The van der Waals surface area contributed by atoms with Gasteiger partial charge in [-0.2, -0.15) is 5.26 Å². The van der Waals surface area contributed by atoms with Crippen molar-refractivity contribution in [1.82, 2.24) is 0 Å². The van der Waals surface area contributed by atoms with E-state index >= 15 is 0 Å². The predicted molar refractivity (Wildman–Crippen MR) is 61.6 cm³/mol. The van der Waals surface area contributed by atoms with Crippen molar-refractivity contribution in [2.24, 2.45) is 0 Å². The van der Waals surface area contributed by atoms with Gasteiger partial charge in [-0.25, -0.2) is 13.2 Å². The minimum absolute atomic E-state index is 0.125. The Balaban J connectivity index is 2.32. The second kappa shape index (κ2) is 5.15. The molecular formula is C13H6F3NS. The Kier molecular flexibility index (Phi) is 3.58. The van der Waals surface area contributed by atoms with Crippen LogP contribution in [-0.2, 0) is 0 Å². The van der Waals surface area contributed by atoms with E-state index in [1.54, 1.807) is 6.07 Å². The Morgan fingerprint density at radius 3 is 2.06 bits per heavy atom. The molecule has 0 heterocycles. The van der Waals surface area contributed by atoms with Crippen LogP contribution in [0.2, 0.25) is 0 Å². The minimum Gasteiger partial charge on any atom is -0.207 e. The fourth-order valence-corrected chi connectivity index (χ4v) is 2.15. The standard InChI is InChI=1S/C13H6F3NS/c14-9-2-4-13(11(16)6-9)18-12-3-1-8(7-17)5-10(12)15/h1-6H. The van der Waals surface area contributed by atoms with Gasteiger partial charge in [0.1, 0.15) is 17.5 Å². The molecule has 0 bridgehead atoms. The first kappa shape index (κ1) is 12.5. The van der Waals surface area contributed by atoms with E-state index in [0.717, 1.165) is 30.0 Å². The highest BCUT2D eigenvalue weighted by Crippen LogP contribution is 2.32. The summed E-state index contributed by atoms with van der Waals surface area (Å²) in [5.41, 5.74) is 0.191. The van der Waals surface area contributed by atoms with E-state index in [1.807, 2.05) is 0 Å². The van der Waals surface area contributed by atoms with Gasteiger partial charge in [0.15, 0.2) is 0 Å². The third kappa shape index (κ3) is 2.66. The average Bonchev–Trinajstić information content (AvgIpc) is 2.34. The lowest BCUT2D eigenvalue weighted by molar-refractivity contribution is 0.565. The monoisotopic (exact) mass is 265 g/mol. The van der Waals surface area contributed by atoms with Crippen LogP contribution in [0.3, 0.4) is 0 Å². The Labute approximate surface area is 106 Å². The molecule has 0 aromatic heterocycles. The Bertz CT molecular complexity index is 635. The van der Waals surface area contributed by atoms with Crippen LogP contribution < -0.4 is 0 Å². The maximum atomic E-state index is 13.6. The van der Waals surface area contributed by atoms with Gasteiger partial charge >= 0.3 is 0 Å². The third-order valence-corrected chi connectivity index (χ3v) is 3.28. The summed E-state index contributed by atoms with van der Waals surface area (Å²) >= 11 is 0.843. The van der Waals surface area contributed by atoms with Crippen molar-refractivity contribution in [3.8, 4) is 6.07 Å². The van der Waals surface area contributed by atoms with Crippen LogP contribution in [0.5, 0.6) is 0 Å². The topological polar surface area (TPSA) is 23.8 Å². The summed E-state index contributed by atoms with van der Waals surface area (Å²) in [6, 6.07) is 8.79. The molecule has 5 heteroatoms. The molecule has 0 aliphatic rings. The average molecular weight is 265 g/mol. The first-order chi connectivity index (χ1) is 8.60. The molecule has 0 amide bonds. The molecule has 0 unspecified atom stereocenters. The normalized spacial score (nSPS) is 10.1. The van der Waals surface area contributed by atoms with E-state index in [2.05, 4.69) is 0 Å². The number of rotatable bonds is 2. The van der Waals surface area contributed by atoms with Crippen LogP contribution in [0.4, 0.5) is 13.2 Å². The number of hydrogen-bond donors (Lipinski definition) is 0. The van der Waals surface area contributed by atoms with Gasteiger partial charge in [-0.3, -0.25) is 0 Å². The number of hydrogen-bond acceptors (Lipinski definition) is 2. The summed E-state index contributed by atoms with van der Waals surface area (Å²) in [5.74, 6) is -2.04. The van der Waals surface area contributed by atoms with Crippen LogP contribution in [0.1, 0.15) is 5.56 Å². The molecule has 0 spiro atoms. The second-order valence-corrected chi connectivity index (χ2v) is 4.52. The molecule has 18 heavy (non-hydrogen) atoms. The lowest BCUT2D eigenvalue weighted by atomic mass is 10.2. The maximum absolute atomic E-state index is 13.6. The highest BCUT2D eigenvalue weighted by atomic mass is 32.2. The van der Waals surface area contributed by atoms with Gasteiger partial charge in [-0.1, -0.05) is 11.8 Å². The van der Waals surface area contributed by atoms with E-state index in [0.29, 0.717) is 0 Å². The van der Waals surface area contributed by atoms with E-state index in [9.17, 15) is 13.2 Å². The molecule has 0 N–H and O–H groups in total. The molecule has 2 aromatic carbocycles. The van der Waals surface area contributed by atoms with Crippen molar-refractivity contribution in [2.75, 3.05) is 0 Å². The molecule has 0 saturated carbocycles. The van der Waals surface area contributed by atoms with Crippen LogP contribution >= 0.6 is 11.8 Å². The van der Waals surface area contributed by atoms with Gasteiger partial charge in [-0.15, -0.1) is 0 Å². The van der Waals surface area contributed by atoms with Crippen LogP contribution in [-0.4, -0.2) is 0 Å². The number of nitrogens with zero attached hydrogens (tertiary/aromatic N) is 1. The van der Waals surface area contributed by atoms with Crippen molar-refractivity contribution in [1.29, 1.82) is 5.26 Å². The highest BCUT2D eigenvalue weighted by molar-refractivity contribution is 7.99. The summed E-state index contributed by atoms with van der Waals surface area (Å²) in [6.07, 6.45) is 0. The van der Waals surface area contributed by atoms with Gasteiger partial charge < -0.3 is 0 Å². The predicted octanol–water partition coefficient (Wildman–Crippen LogP) is 4.13. The van der Waals surface area contributed by atoms with Gasteiger partial charge in [0.25, 0.3) is 0 Å². The van der Waals surface area contributed by atoms with E-state index in [1.165, 1.54) is 18.2 Å². The number of nitriles is 1. The first-order valence-electron chi connectivity index (χ1n) is 4.92. The van der Waals surface area contributed by atoms with E-state index < -0.39 is 17.5 Å². The maximum Gasteiger partial charge on any atom is 0.140 e. The van der Waals surface area contributed by atoms with E-state index in [-0.39, 0.29) is 15.4 Å². The molecule has 90 valence electrons. The fourth-order valence-electron chi connectivity index (χ4n) is 1.33. The molecule has 0 atom stereocenters. The van der Waals surface area contributed by atoms with Crippen molar-refractivity contribution < 1.29 is 13.2 Å². The SMILES string of the molecule is N#Cc1ccc(Sc2ccc(F)cc2F)c(F)c1.